The summed E-state index contributed by atoms with van der Waals surface area (Å²) in [6, 6.07) is 18.5. The van der Waals surface area contributed by atoms with Crippen LogP contribution >= 0.6 is 0 Å². The standard InChI is InChI=1S/C27H23NO5/c1-3-17-5-9-19(10-6-17)24(29)16-33-27(32)20-11-14-22-23(15-20)26(31)28(25(22)30)21-12-7-18(4-2)8-13-21/h5-15H,3-4,16H2,1-2H3. The first kappa shape index (κ1) is 22.1. The molecule has 33 heavy (non-hydrogen) atoms. The summed E-state index contributed by atoms with van der Waals surface area (Å²) in [4.78, 5) is 51.7. The fourth-order valence-electron chi connectivity index (χ4n) is 3.71. The summed E-state index contributed by atoms with van der Waals surface area (Å²) in [5.41, 5.74) is 3.60. The van der Waals surface area contributed by atoms with Crippen molar-refractivity contribution in [2.24, 2.45) is 0 Å². The second-order valence-electron chi connectivity index (χ2n) is 7.78. The van der Waals surface area contributed by atoms with Crippen molar-refractivity contribution in [3.05, 3.63) is 100 Å². The number of anilines is 1. The number of esters is 1. The van der Waals surface area contributed by atoms with Gasteiger partial charge >= 0.3 is 5.97 Å². The molecule has 6 nitrogen and oxygen atoms in total. The number of imide groups is 1. The van der Waals surface area contributed by atoms with Crippen molar-refractivity contribution in [3.63, 3.8) is 0 Å². The van der Waals surface area contributed by atoms with Crippen molar-refractivity contribution < 1.29 is 23.9 Å². The lowest BCUT2D eigenvalue weighted by atomic mass is 10.1. The summed E-state index contributed by atoms with van der Waals surface area (Å²) >= 11 is 0. The Morgan fingerprint density at radius 2 is 1.27 bits per heavy atom. The fraction of sp³-hybridized carbons (Fsp3) is 0.185. The molecule has 4 rings (SSSR count). The van der Waals surface area contributed by atoms with E-state index in [1.165, 1.54) is 18.2 Å². The SMILES string of the molecule is CCc1ccc(C(=O)COC(=O)c2ccc3c(c2)C(=O)N(c2ccc(CC)cc2)C3=O)cc1. The summed E-state index contributed by atoms with van der Waals surface area (Å²) in [6.45, 7) is 3.63. The third-order valence-corrected chi connectivity index (χ3v) is 5.74. The molecule has 0 aromatic heterocycles. The number of carbonyl (C=O) groups excluding carboxylic acids is 4. The predicted molar refractivity (Wildman–Crippen MR) is 124 cm³/mol. The zero-order valence-corrected chi connectivity index (χ0v) is 18.5. The number of carbonyl (C=O) groups is 4. The van der Waals surface area contributed by atoms with Crippen molar-refractivity contribution in [3.8, 4) is 0 Å². The van der Waals surface area contributed by atoms with Gasteiger partial charge in [-0.3, -0.25) is 14.4 Å². The third-order valence-electron chi connectivity index (χ3n) is 5.74. The largest absolute Gasteiger partial charge is 0.454 e. The molecule has 0 aliphatic carbocycles. The summed E-state index contributed by atoms with van der Waals surface area (Å²) in [5, 5.41) is 0. The van der Waals surface area contributed by atoms with E-state index in [2.05, 4.69) is 0 Å². The zero-order chi connectivity index (χ0) is 23.5. The van der Waals surface area contributed by atoms with Gasteiger partial charge in [0, 0.05) is 5.56 Å². The van der Waals surface area contributed by atoms with E-state index in [-0.39, 0.29) is 22.5 Å². The van der Waals surface area contributed by atoms with Crippen LogP contribution in [0.1, 0.15) is 66.4 Å². The highest BCUT2D eigenvalue weighted by molar-refractivity contribution is 6.34. The van der Waals surface area contributed by atoms with Gasteiger partial charge in [0.1, 0.15) is 0 Å². The lowest BCUT2D eigenvalue weighted by molar-refractivity contribution is 0.0474. The predicted octanol–water partition coefficient (Wildman–Crippen LogP) is 4.65. The molecule has 166 valence electrons. The molecule has 3 aromatic rings. The van der Waals surface area contributed by atoms with E-state index in [4.69, 9.17) is 4.74 Å². The number of hydrogen-bond acceptors (Lipinski definition) is 5. The Bertz CT molecular complexity index is 1240. The molecular formula is C27H23NO5. The lowest BCUT2D eigenvalue weighted by Crippen LogP contribution is -2.29. The molecule has 1 heterocycles. The van der Waals surface area contributed by atoms with Crippen LogP contribution < -0.4 is 4.90 Å². The second-order valence-corrected chi connectivity index (χ2v) is 7.78. The third kappa shape index (κ3) is 4.32. The van der Waals surface area contributed by atoms with Gasteiger partial charge in [0.15, 0.2) is 12.4 Å². The number of hydrogen-bond donors (Lipinski definition) is 0. The molecule has 0 spiro atoms. The van der Waals surface area contributed by atoms with Gasteiger partial charge in [-0.1, -0.05) is 50.2 Å². The molecule has 0 saturated carbocycles. The normalized spacial score (nSPS) is 12.6. The van der Waals surface area contributed by atoms with Crippen LogP contribution in [-0.2, 0) is 17.6 Å². The smallest absolute Gasteiger partial charge is 0.338 e. The Balaban J connectivity index is 1.47. The van der Waals surface area contributed by atoms with Gasteiger partial charge in [0.25, 0.3) is 11.8 Å². The summed E-state index contributed by atoms with van der Waals surface area (Å²) < 4.78 is 5.16. The molecule has 2 amide bonds. The summed E-state index contributed by atoms with van der Waals surface area (Å²) in [7, 11) is 0. The molecule has 1 aliphatic heterocycles. The van der Waals surface area contributed by atoms with Crippen LogP contribution in [0.5, 0.6) is 0 Å². The van der Waals surface area contributed by atoms with Gasteiger partial charge in [-0.05, 0) is 54.3 Å². The minimum Gasteiger partial charge on any atom is -0.454 e. The number of benzene rings is 3. The number of fused-ring (bicyclic) bond motifs is 1. The average molecular weight is 441 g/mol. The molecule has 3 aromatic carbocycles. The van der Waals surface area contributed by atoms with Crippen LogP contribution in [0, 0.1) is 0 Å². The molecule has 0 saturated heterocycles. The maximum atomic E-state index is 12.9. The number of ether oxygens (including phenoxy) is 1. The zero-order valence-electron chi connectivity index (χ0n) is 18.5. The minimum absolute atomic E-state index is 0.104. The quantitative estimate of drug-likeness (QED) is 0.303. The highest BCUT2D eigenvalue weighted by Gasteiger charge is 2.37. The highest BCUT2D eigenvalue weighted by atomic mass is 16.5. The number of rotatable bonds is 7. The van der Waals surface area contributed by atoms with Gasteiger partial charge in [-0.15, -0.1) is 0 Å². The number of nitrogens with zero attached hydrogens (tertiary/aromatic N) is 1. The molecule has 0 N–H and O–H groups in total. The Morgan fingerprint density at radius 3 is 1.88 bits per heavy atom. The maximum Gasteiger partial charge on any atom is 0.338 e. The Hall–Kier alpha value is -4.06. The van der Waals surface area contributed by atoms with Gasteiger partial charge in [0.2, 0.25) is 0 Å². The fourth-order valence-corrected chi connectivity index (χ4v) is 3.71. The monoisotopic (exact) mass is 441 g/mol. The Kier molecular flexibility index (Phi) is 6.18. The number of Topliss-reactive ketones (excluding diaryl/α,β-unsaturated/α-hetero) is 1. The highest BCUT2D eigenvalue weighted by Crippen LogP contribution is 2.29. The van der Waals surface area contributed by atoms with Crippen molar-refractivity contribution >= 4 is 29.3 Å². The van der Waals surface area contributed by atoms with Crippen molar-refractivity contribution in [1.82, 2.24) is 0 Å². The van der Waals surface area contributed by atoms with Crippen molar-refractivity contribution in [2.45, 2.75) is 26.7 Å². The molecular weight excluding hydrogens is 418 g/mol. The Morgan fingerprint density at radius 1 is 0.727 bits per heavy atom. The first-order chi connectivity index (χ1) is 15.9. The van der Waals surface area contributed by atoms with E-state index in [0.717, 1.165) is 28.9 Å². The molecule has 0 fully saturated rings. The molecule has 0 radical (unpaired) electrons. The van der Waals surface area contributed by atoms with Gasteiger partial charge in [-0.2, -0.15) is 0 Å². The first-order valence-corrected chi connectivity index (χ1v) is 10.8. The molecule has 0 unspecified atom stereocenters. The Labute approximate surface area is 191 Å². The van der Waals surface area contributed by atoms with Crippen LogP contribution in [0.25, 0.3) is 0 Å². The molecule has 6 heteroatoms. The number of amides is 2. The summed E-state index contributed by atoms with van der Waals surface area (Å²) in [5.74, 6) is -1.99. The topological polar surface area (TPSA) is 80.8 Å². The van der Waals surface area contributed by atoms with E-state index in [9.17, 15) is 19.2 Å². The van der Waals surface area contributed by atoms with Gasteiger partial charge in [0.05, 0.1) is 22.4 Å². The van der Waals surface area contributed by atoms with Crippen molar-refractivity contribution in [1.29, 1.82) is 0 Å². The van der Waals surface area contributed by atoms with Crippen LogP contribution in [0.15, 0.2) is 66.7 Å². The van der Waals surface area contributed by atoms with E-state index in [0.29, 0.717) is 11.3 Å². The van der Waals surface area contributed by atoms with Crippen molar-refractivity contribution in [2.75, 3.05) is 11.5 Å². The van der Waals surface area contributed by atoms with Gasteiger partial charge < -0.3 is 4.74 Å². The number of ketones is 1. The van der Waals surface area contributed by atoms with Crippen LogP contribution in [0.3, 0.4) is 0 Å². The average Bonchev–Trinajstić information content (AvgIpc) is 3.11. The second kappa shape index (κ2) is 9.20. The van der Waals surface area contributed by atoms with Crippen LogP contribution in [-0.4, -0.2) is 30.2 Å². The molecule has 1 aliphatic rings. The van der Waals surface area contributed by atoms with E-state index in [1.807, 2.05) is 38.1 Å². The van der Waals surface area contributed by atoms with E-state index >= 15 is 0 Å². The first-order valence-electron chi connectivity index (χ1n) is 10.8. The lowest BCUT2D eigenvalue weighted by Gasteiger charge is -2.14. The minimum atomic E-state index is -0.734. The van der Waals surface area contributed by atoms with Crippen LogP contribution in [0.2, 0.25) is 0 Å². The molecule has 0 bridgehead atoms. The van der Waals surface area contributed by atoms with Gasteiger partial charge in [-0.25, -0.2) is 9.69 Å². The maximum absolute atomic E-state index is 12.9. The molecule has 0 atom stereocenters. The number of aryl methyl sites for hydroxylation is 2. The summed E-state index contributed by atoms with van der Waals surface area (Å²) in [6.07, 6.45) is 1.71. The van der Waals surface area contributed by atoms with E-state index in [1.54, 1.807) is 24.3 Å². The van der Waals surface area contributed by atoms with E-state index < -0.39 is 24.4 Å². The van der Waals surface area contributed by atoms with Crippen LogP contribution in [0.4, 0.5) is 5.69 Å².